The van der Waals surface area contributed by atoms with E-state index in [4.69, 9.17) is 9.47 Å². The molecule has 1 saturated heterocycles. The minimum absolute atomic E-state index is 0.0373. The molecule has 1 amide bonds. The predicted octanol–water partition coefficient (Wildman–Crippen LogP) is 4.47. The summed E-state index contributed by atoms with van der Waals surface area (Å²) in [5, 5.41) is 10.7. The van der Waals surface area contributed by atoms with Crippen molar-refractivity contribution in [3.63, 3.8) is 0 Å². The van der Waals surface area contributed by atoms with E-state index in [1.54, 1.807) is 17.0 Å². The van der Waals surface area contributed by atoms with Crippen molar-refractivity contribution in [2.24, 2.45) is 5.92 Å². The molecular formula is C26H22N2O7. The van der Waals surface area contributed by atoms with Crippen LogP contribution in [0.5, 0.6) is 11.5 Å². The molecule has 0 N–H and O–H groups in total. The Labute approximate surface area is 201 Å². The molecule has 1 aliphatic heterocycles. The lowest BCUT2D eigenvalue weighted by atomic mass is 10.1. The van der Waals surface area contributed by atoms with Crippen molar-refractivity contribution < 1.29 is 28.8 Å². The van der Waals surface area contributed by atoms with Crippen LogP contribution < -0.4 is 9.64 Å². The summed E-state index contributed by atoms with van der Waals surface area (Å²) in [6.45, 7) is 1.73. The Balaban J connectivity index is 1.28. The van der Waals surface area contributed by atoms with E-state index in [0.29, 0.717) is 17.1 Å². The zero-order valence-electron chi connectivity index (χ0n) is 18.9. The highest BCUT2D eigenvalue weighted by Gasteiger charge is 2.36. The molecule has 0 radical (unpaired) electrons. The smallest absolute Gasteiger partial charge is 0.311 e. The van der Waals surface area contributed by atoms with E-state index in [-0.39, 0.29) is 30.3 Å². The number of esters is 1. The third kappa shape index (κ3) is 5.70. The zero-order valence-corrected chi connectivity index (χ0v) is 18.9. The second-order valence-corrected chi connectivity index (χ2v) is 8.15. The molecule has 1 atom stereocenters. The fourth-order valence-corrected chi connectivity index (χ4v) is 3.66. The number of carbonyl (C=O) groups is 3. The van der Waals surface area contributed by atoms with Crippen molar-refractivity contribution in [3.05, 3.63) is 94.0 Å². The molecule has 1 heterocycles. The standard InChI is InChI=1S/C26H22N2O7/c1-17-2-6-20(7-3-17)27-15-19(14-25(27)30)26(31)34-16-24(29)18-4-10-22(11-5-18)35-23-12-8-21(9-13-23)28(32)33/h2-13,19H,14-16H2,1H3/t19-/m0/s1. The van der Waals surface area contributed by atoms with Crippen molar-refractivity contribution >= 4 is 29.0 Å². The van der Waals surface area contributed by atoms with Crippen molar-refractivity contribution in [1.29, 1.82) is 0 Å². The van der Waals surface area contributed by atoms with Gasteiger partial charge in [-0.05, 0) is 55.5 Å². The summed E-state index contributed by atoms with van der Waals surface area (Å²) < 4.78 is 10.8. The van der Waals surface area contributed by atoms with Gasteiger partial charge >= 0.3 is 5.97 Å². The van der Waals surface area contributed by atoms with Crippen LogP contribution in [0.15, 0.2) is 72.8 Å². The number of amides is 1. The summed E-state index contributed by atoms with van der Waals surface area (Å²) in [5.41, 5.74) is 2.08. The van der Waals surface area contributed by atoms with Crippen LogP contribution in [0.2, 0.25) is 0 Å². The van der Waals surface area contributed by atoms with Gasteiger partial charge in [0, 0.05) is 36.3 Å². The summed E-state index contributed by atoms with van der Waals surface area (Å²) in [6, 6.07) is 19.3. The van der Waals surface area contributed by atoms with Gasteiger partial charge in [-0.25, -0.2) is 0 Å². The highest BCUT2D eigenvalue weighted by atomic mass is 16.6. The van der Waals surface area contributed by atoms with Crippen LogP contribution in [0.1, 0.15) is 22.3 Å². The molecule has 1 aliphatic rings. The second-order valence-electron chi connectivity index (χ2n) is 8.15. The van der Waals surface area contributed by atoms with Gasteiger partial charge < -0.3 is 14.4 Å². The fourth-order valence-electron chi connectivity index (χ4n) is 3.66. The monoisotopic (exact) mass is 474 g/mol. The van der Waals surface area contributed by atoms with Gasteiger partial charge in [0.15, 0.2) is 12.4 Å². The Hall–Kier alpha value is -4.53. The first-order valence-corrected chi connectivity index (χ1v) is 10.9. The molecule has 4 rings (SSSR count). The Kier molecular flexibility index (Phi) is 6.86. The van der Waals surface area contributed by atoms with E-state index in [9.17, 15) is 24.5 Å². The van der Waals surface area contributed by atoms with Crippen LogP contribution in [0.3, 0.4) is 0 Å². The number of hydrogen-bond donors (Lipinski definition) is 0. The summed E-state index contributed by atoms with van der Waals surface area (Å²) in [5.74, 6) is -0.915. The number of Topliss-reactive ketones (excluding diaryl/α,β-unsaturated/α-hetero) is 1. The van der Waals surface area contributed by atoms with Crippen LogP contribution in [0.4, 0.5) is 11.4 Å². The lowest BCUT2D eigenvalue weighted by Gasteiger charge is -2.16. The van der Waals surface area contributed by atoms with E-state index in [0.717, 1.165) is 11.3 Å². The summed E-state index contributed by atoms with van der Waals surface area (Å²) in [4.78, 5) is 49.1. The summed E-state index contributed by atoms with van der Waals surface area (Å²) in [7, 11) is 0. The molecule has 0 aromatic heterocycles. The highest BCUT2D eigenvalue weighted by molar-refractivity contribution is 6.01. The maximum Gasteiger partial charge on any atom is 0.311 e. The van der Waals surface area contributed by atoms with Crippen molar-refractivity contribution in [3.8, 4) is 11.5 Å². The Morgan fingerprint density at radius 1 is 0.971 bits per heavy atom. The molecule has 0 spiro atoms. The highest BCUT2D eigenvalue weighted by Crippen LogP contribution is 2.27. The quantitative estimate of drug-likeness (QED) is 0.205. The number of nitrogens with zero attached hydrogens (tertiary/aromatic N) is 2. The van der Waals surface area contributed by atoms with Gasteiger partial charge in [-0.3, -0.25) is 24.5 Å². The number of benzene rings is 3. The van der Waals surface area contributed by atoms with Crippen LogP contribution >= 0.6 is 0 Å². The van der Waals surface area contributed by atoms with E-state index < -0.39 is 23.4 Å². The lowest BCUT2D eigenvalue weighted by molar-refractivity contribution is -0.384. The first kappa shape index (κ1) is 23.6. The van der Waals surface area contributed by atoms with Gasteiger partial charge in [0.1, 0.15) is 11.5 Å². The number of ketones is 1. The molecule has 9 heteroatoms. The lowest BCUT2D eigenvalue weighted by Crippen LogP contribution is -2.27. The molecule has 0 saturated carbocycles. The number of ether oxygens (including phenoxy) is 2. The number of hydrogen-bond acceptors (Lipinski definition) is 7. The Morgan fingerprint density at radius 3 is 2.17 bits per heavy atom. The topological polar surface area (TPSA) is 116 Å². The minimum Gasteiger partial charge on any atom is -0.457 e. The van der Waals surface area contributed by atoms with E-state index in [2.05, 4.69) is 0 Å². The fraction of sp³-hybridized carbons (Fsp3) is 0.192. The number of rotatable bonds is 8. The third-order valence-corrected chi connectivity index (χ3v) is 5.61. The van der Waals surface area contributed by atoms with Gasteiger partial charge in [0.2, 0.25) is 5.91 Å². The van der Waals surface area contributed by atoms with Crippen LogP contribution in [0.25, 0.3) is 0 Å². The molecule has 3 aromatic rings. The normalized spacial score (nSPS) is 15.1. The van der Waals surface area contributed by atoms with Crippen molar-refractivity contribution in [2.75, 3.05) is 18.1 Å². The molecule has 0 bridgehead atoms. The number of aryl methyl sites for hydroxylation is 1. The maximum atomic E-state index is 12.5. The molecular weight excluding hydrogens is 452 g/mol. The first-order chi connectivity index (χ1) is 16.8. The second kappa shape index (κ2) is 10.2. The largest absolute Gasteiger partial charge is 0.457 e. The zero-order chi connectivity index (χ0) is 24.9. The first-order valence-electron chi connectivity index (χ1n) is 10.9. The Bertz CT molecular complexity index is 1250. The number of nitro groups is 1. The molecule has 1 fully saturated rings. The molecule has 0 aliphatic carbocycles. The van der Waals surface area contributed by atoms with E-state index >= 15 is 0 Å². The third-order valence-electron chi connectivity index (χ3n) is 5.61. The van der Waals surface area contributed by atoms with Gasteiger partial charge in [-0.1, -0.05) is 17.7 Å². The van der Waals surface area contributed by atoms with Gasteiger partial charge in [-0.15, -0.1) is 0 Å². The number of nitro benzene ring substituents is 1. The van der Waals surface area contributed by atoms with Crippen LogP contribution in [-0.4, -0.2) is 35.7 Å². The summed E-state index contributed by atoms with van der Waals surface area (Å²) >= 11 is 0. The van der Waals surface area contributed by atoms with Crippen LogP contribution in [-0.2, 0) is 14.3 Å². The predicted molar refractivity (Wildman–Crippen MR) is 127 cm³/mol. The van der Waals surface area contributed by atoms with E-state index in [1.165, 1.54) is 36.4 Å². The number of anilines is 1. The molecule has 178 valence electrons. The van der Waals surface area contributed by atoms with Crippen LogP contribution in [0, 0.1) is 23.0 Å². The maximum absolute atomic E-state index is 12.5. The number of carbonyl (C=O) groups excluding carboxylic acids is 3. The number of non-ortho nitro benzene ring substituents is 1. The summed E-state index contributed by atoms with van der Waals surface area (Å²) in [6.07, 6.45) is 0.0373. The van der Waals surface area contributed by atoms with Crippen molar-refractivity contribution in [2.45, 2.75) is 13.3 Å². The molecule has 9 nitrogen and oxygen atoms in total. The molecule has 35 heavy (non-hydrogen) atoms. The molecule has 3 aromatic carbocycles. The van der Waals surface area contributed by atoms with E-state index in [1.807, 2.05) is 31.2 Å². The van der Waals surface area contributed by atoms with Gasteiger partial charge in [0.25, 0.3) is 5.69 Å². The van der Waals surface area contributed by atoms with Crippen molar-refractivity contribution in [1.82, 2.24) is 0 Å². The average molecular weight is 474 g/mol. The minimum atomic E-state index is -0.630. The average Bonchev–Trinajstić information content (AvgIpc) is 3.25. The van der Waals surface area contributed by atoms with Gasteiger partial charge in [-0.2, -0.15) is 0 Å². The SMILES string of the molecule is Cc1ccc(N2C[C@@H](C(=O)OCC(=O)c3ccc(Oc4ccc([N+](=O)[O-])cc4)cc3)CC2=O)cc1. The molecule has 0 unspecified atom stereocenters. The van der Waals surface area contributed by atoms with Gasteiger partial charge in [0.05, 0.1) is 10.8 Å². The Morgan fingerprint density at radius 2 is 1.57 bits per heavy atom.